The molecule has 1 aliphatic heterocycles. The molecule has 0 amide bonds. The molecular formula is C5H6N2O. The highest BCUT2D eigenvalue weighted by Crippen LogP contribution is 2.28. The van der Waals surface area contributed by atoms with Crippen molar-refractivity contribution in [2.75, 3.05) is 0 Å². The van der Waals surface area contributed by atoms with Gasteiger partial charge in [0.2, 0.25) is 0 Å². The highest BCUT2D eigenvalue weighted by Gasteiger charge is 2.36. The molecule has 1 heterocycles. The summed E-state index contributed by atoms with van der Waals surface area (Å²) in [6.45, 7) is 0. The Hall–Kier alpha value is -0.730. The summed E-state index contributed by atoms with van der Waals surface area (Å²) in [6, 6.07) is 0.215. The first-order chi connectivity index (χ1) is 3.86. The SMILES string of the molecule is O=C1CC2CC1N=N2. The lowest BCUT2D eigenvalue weighted by molar-refractivity contribution is -0.118. The Morgan fingerprint density at radius 1 is 1.50 bits per heavy atom. The third-order valence-electron chi connectivity index (χ3n) is 1.67. The Labute approximate surface area is 46.8 Å². The molecule has 0 aromatic heterocycles. The highest BCUT2D eigenvalue weighted by atomic mass is 16.1. The van der Waals surface area contributed by atoms with E-state index >= 15 is 0 Å². The van der Waals surface area contributed by atoms with Crippen molar-refractivity contribution in [2.45, 2.75) is 24.9 Å². The van der Waals surface area contributed by atoms with Crippen LogP contribution in [0.4, 0.5) is 0 Å². The number of carbonyl (C=O) groups is 1. The van der Waals surface area contributed by atoms with Gasteiger partial charge >= 0.3 is 0 Å². The van der Waals surface area contributed by atoms with Gasteiger partial charge in [0.05, 0.1) is 6.04 Å². The minimum Gasteiger partial charge on any atom is -0.297 e. The first-order valence-electron chi connectivity index (χ1n) is 2.79. The smallest absolute Gasteiger partial charge is 0.161 e. The van der Waals surface area contributed by atoms with Gasteiger partial charge in [0.15, 0.2) is 5.78 Å². The summed E-state index contributed by atoms with van der Waals surface area (Å²) in [7, 11) is 0. The molecule has 0 spiro atoms. The molecule has 3 heteroatoms. The quantitative estimate of drug-likeness (QED) is 0.449. The van der Waals surface area contributed by atoms with Crippen LogP contribution in [0, 0.1) is 0 Å². The second kappa shape index (κ2) is 1.16. The summed E-state index contributed by atoms with van der Waals surface area (Å²) >= 11 is 0. The largest absolute Gasteiger partial charge is 0.297 e. The van der Waals surface area contributed by atoms with Gasteiger partial charge in [0.1, 0.15) is 6.04 Å². The van der Waals surface area contributed by atoms with Gasteiger partial charge < -0.3 is 0 Å². The van der Waals surface area contributed by atoms with Gasteiger partial charge in [-0.05, 0) is 0 Å². The lowest BCUT2D eigenvalue weighted by Crippen LogP contribution is -2.09. The van der Waals surface area contributed by atoms with E-state index in [4.69, 9.17) is 0 Å². The van der Waals surface area contributed by atoms with Crippen molar-refractivity contribution in [3.05, 3.63) is 0 Å². The van der Waals surface area contributed by atoms with Gasteiger partial charge in [-0.25, -0.2) is 0 Å². The predicted molar refractivity (Wildman–Crippen MR) is 26.7 cm³/mol. The number of fused-ring (bicyclic) bond motifs is 2. The van der Waals surface area contributed by atoms with Gasteiger partial charge in [-0.2, -0.15) is 10.2 Å². The first-order valence-corrected chi connectivity index (χ1v) is 2.79. The fraction of sp³-hybridized carbons (Fsp3) is 0.800. The number of ketones is 1. The molecule has 0 N–H and O–H groups in total. The Balaban J connectivity index is 2.35. The molecule has 42 valence electrons. The molecule has 0 radical (unpaired) electrons. The molecule has 3 nitrogen and oxygen atoms in total. The average Bonchev–Trinajstić information content (AvgIpc) is 2.23. The molecule has 0 aromatic carbocycles. The molecule has 1 fully saturated rings. The third-order valence-corrected chi connectivity index (χ3v) is 1.67. The van der Waals surface area contributed by atoms with E-state index in [0.717, 1.165) is 6.42 Å². The molecule has 8 heavy (non-hydrogen) atoms. The van der Waals surface area contributed by atoms with Crippen LogP contribution < -0.4 is 0 Å². The molecule has 0 aromatic rings. The van der Waals surface area contributed by atoms with Crippen LogP contribution in [-0.2, 0) is 4.79 Å². The van der Waals surface area contributed by atoms with E-state index in [2.05, 4.69) is 10.2 Å². The molecule has 2 atom stereocenters. The number of Topliss-reactive ketones (excluding diaryl/α,β-unsaturated/α-hetero) is 1. The predicted octanol–water partition coefficient (Wildman–Crippen LogP) is 0.552. The molecule has 2 aliphatic rings. The number of azo groups is 1. The molecule has 1 aliphatic carbocycles. The van der Waals surface area contributed by atoms with Gasteiger partial charge in [-0.3, -0.25) is 4.79 Å². The summed E-state index contributed by atoms with van der Waals surface area (Å²) < 4.78 is 0. The average molecular weight is 110 g/mol. The molecule has 1 saturated carbocycles. The van der Waals surface area contributed by atoms with Crippen LogP contribution in [-0.4, -0.2) is 17.9 Å². The van der Waals surface area contributed by atoms with E-state index in [9.17, 15) is 4.79 Å². The third kappa shape index (κ3) is 0.363. The van der Waals surface area contributed by atoms with E-state index in [1.54, 1.807) is 0 Å². The monoisotopic (exact) mass is 110 g/mol. The Kier molecular flexibility index (Phi) is 0.604. The summed E-state index contributed by atoms with van der Waals surface area (Å²) in [6.07, 6.45) is 1.53. The first kappa shape index (κ1) is 4.18. The Morgan fingerprint density at radius 3 is 2.62 bits per heavy atom. The zero-order valence-corrected chi connectivity index (χ0v) is 4.37. The van der Waals surface area contributed by atoms with Crippen LogP contribution in [0.5, 0.6) is 0 Å². The minimum absolute atomic E-state index is 0.0417. The topological polar surface area (TPSA) is 41.8 Å². The van der Waals surface area contributed by atoms with Crippen molar-refractivity contribution < 1.29 is 4.79 Å². The van der Waals surface area contributed by atoms with Gasteiger partial charge in [-0.15, -0.1) is 0 Å². The second-order valence-corrected chi connectivity index (χ2v) is 2.31. The van der Waals surface area contributed by atoms with Crippen molar-refractivity contribution in [3.63, 3.8) is 0 Å². The second-order valence-electron chi connectivity index (χ2n) is 2.31. The summed E-state index contributed by atoms with van der Waals surface area (Å²) in [5, 5.41) is 7.62. The molecule has 2 unspecified atom stereocenters. The number of nitrogens with zero attached hydrogens (tertiary/aromatic N) is 2. The Morgan fingerprint density at radius 2 is 2.38 bits per heavy atom. The van der Waals surface area contributed by atoms with E-state index in [1.165, 1.54) is 0 Å². The van der Waals surface area contributed by atoms with Crippen LogP contribution in [0.15, 0.2) is 10.2 Å². The lowest BCUT2D eigenvalue weighted by Gasteiger charge is -1.95. The molecule has 0 saturated heterocycles. The molecular weight excluding hydrogens is 104 g/mol. The number of rotatable bonds is 0. The van der Waals surface area contributed by atoms with Crippen molar-refractivity contribution in [2.24, 2.45) is 10.2 Å². The maximum atomic E-state index is 10.7. The van der Waals surface area contributed by atoms with Crippen molar-refractivity contribution in [1.29, 1.82) is 0 Å². The minimum atomic E-state index is -0.0417. The van der Waals surface area contributed by atoms with E-state index in [0.29, 0.717) is 6.42 Å². The normalized spacial score (nSPS) is 41.8. The van der Waals surface area contributed by atoms with Crippen molar-refractivity contribution in [3.8, 4) is 0 Å². The summed E-state index contributed by atoms with van der Waals surface area (Å²) in [4.78, 5) is 10.7. The zero-order chi connectivity index (χ0) is 5.56. The van der Waals surface area contributed by atoms with E-state index < -0.39 is 0 Å². The van der Waals surface area contributed by atoms with Gasteiger partial charge in [0.25, 0.3) is 0 Å². The fourth-order valence-corrected chi connectivity index (χ4v) is 1.22. The van der Waals surface area contributed by atoms with Crippen LogP contribution >= 0.6 is 0 Å². The maximum absolute atomic E-state index is 10.7. The Bertz CT molecular complexity index is 164. The number of hydrogen-bond acceptors (Lipinski definition) is 3. The van der Waals surface area contributed by atoms with Crippen LogP contribution in [0.25, 0.3) is 0 Å². The van der Waals surface area contributed by atoms with E-state index in [1.807, 2.05) is 0 Å². The lowest BCUT2D eigenvalue weighted by atomic mass is 10.3. The standard InChI is InChI=1S/C5H6N2O/c8-5-2-3-1-4(5)7-6-3/h3-4H,1-2H2. The number of carbonyl (C=O) groups excluding carboxylic acids is 1. The summed E-state index contributed by atoms with van der Waals surface area (Å²) in [5.41, 5.74) is 0. The summed E-state index contributed by atoms with van der Waals surface area (Å²) in [5.74, 6) is 0.282. The maximum Gasteiger partial charge on any atom is 0.161 e. The van der Waals surface area contributed by atoms with Gasteiger partial charge in [-0.1, -0.05) is 0 Å². The van der Waals surface area contributed by atoms with Crippen LogP contribution in [0.2, 0.25) is 0 Å². The number of hydrogen-bond donors (Lipinski definition) is 0. The fourth-order valence-electron chi connectivity index (χ4n) is 1.22. The van der Waals surface area contributed by atoms with E-state index in [-0.39, 0.29) is 17.9 Å². The highest BCUT2D eigenvalue weighted by molar-refractivity contribution is 5.87. The van der Waals surface area contributed by atoms with Crippen LogP contribution in [0.3, 0.4) is 0 Å². The molecule has 2 rings (SSSR count). The van der Waals surface area contributed by atoms with Gasteiger partial charge in [0, 0.05) is 12.8 Å². The van der Waals surface area contributed by atoms with Crippen molar-refractivity contribution >= 4 is 5.78 Å². The van der Waals surface area contributed by atoms with Crippen molar-refractivity contribution in [1.82, 2.24) is 0 Å². The molecule has 2 bridgehead atoms. The zero-order valence-electron chi connectivity index (χ0n) is 4.37. The van der Waals surface area contributed by atoms with Crippen LogP contribution in [0.1, 0.15) is 12.8 Å².